The molecule has 0 fully saturated rings. The fraction of sp³-hybridized carbons (Fsp3) is 0.833. The summed E-state index contributed by atoms with van der Waals surface area (Å²) in [5.41, 5.74) is 0. The van der Waals surface area contributed by atoms with Crippen LogP contribution in [0.3, 0.4) is 0 Å². The Balaban J connectivity index is 4.00. The number of aliphatic hydroxyl groups excluding tert-OH is 4. The van der Waals surface area contributed by atoms with Crippen molar-refractivity contribution in [3.63, 3.8) is 0 Å². The average Bonchev–Trinajstić information content (AvgIpc) is 2.00. The highest BCUT2D eigenvalue weighted by atomic mass is 16.4. The molecule has 0 radical (unpaired) electrons. The third-order valence-corrected chi connectivity index (χ3v) is 1.33. The fourth-order valence-electron chi connectivity index (χ4n) is 0.568. The van der Waals surface area contributed by atoms with Crippen LogP contribution in [0, 0.1) is 0 Å². The molecule has 0 spiro atoms. The number of carbonyl (C=O) groups excluding carboxylic acids is 1. The first kappa shape index (κ1) is 10.5. The highest BCUT2D eigenvalue weighted by molar-refractivity contribution is 5.56. The van der Waals surface area contributed by atoms with Gasteiger partial charge in [-0.2, -0.15) is 0 Å². The van der Waals surface area contributed by atoms with E-state index < -0.39 is 24.4 Å². The van der Waals surface area contributed by atoms with E-state index in [4.69, 9.17) is 20.4 Å². The molecule has 0 saturated heterocycles. The van der Waals surface area contributed by atoms with Crippen LogP contribution in [-0.2, 0) is 4.79 Å². The molecule has 5 heteroatoms. The maximum atomic E-state index is 9.87. The minimum atomic E-state index is -1.65. The molecule has 0 amide bonds. The molecule has 0 aliphatic heterocycles. The molecular weight excluding hydrogens is 153 g/mol. The van der Waals surface area contributed by atoms with Crippen LogP contribution in [-0.4, -0.2) is 51.1 Å². The molecule has 0 aliphatic rings. The lowest BCUT2D eigenvalue weighted by Crippen LogP contribution is -2.43. The Kier molecular flexibility index (Phi) is 4.20. The van der Waals surface area contributed by atoms with Crippen LogP contribution in [0.1, 0.15) is 6.92 Å². The van der Waals surface area contributed by atoms with Gasteiger partial charge in [0.15, 0.2) is 6.29 Å². The zero-order valence-electron chi connectivity index (χ0n) is 6.08. The van der Waals surface area contributed by atoms with Crippen molar-refractivity contribution in [2.75, 3.05) is 0 Å². The second-order valence-electron chi connectivity index (χ2n) is 2.35. The maximum Gasteiger partial charge on any atom is 0.151 e. The second-order valence-corrected chi connectivity index (χ2v) is 2.35. The van der Waals surface area contributed by atoms with Gasteiger partial charge in [0.05, 0.1) is 6.10 Å². The summed E-state index contributed by atoms with van der Waals surface area (Å²) in [6.07, 6.45) is -5.88. The highest BCUT2D eigenvalue weighted by Gasteiger charge is 2.27. The molecule has 0 aromatic heterocycles. The van der Waals surface area contributed by atoms with Crippen LogP contribution in [0.15, 0.2) is 0 Å². The van der Waals surface area contributed by atoms with E-state index in [1.165, 1.54) is 6.92 Å². The largest absolute Gasteiger partial charge is 0.391 e. The summed E-state index contributed by atoms with van der Waals surface area (Å²) >= 11 is 0. The summed E-state index contributed by atoms with van der Waals surface area (Å²) in [6, 6.07) is 0. The van der Waals surface area contributed by atoms with E-state index in [2.05, 4.69) is 0 Å². The number of hydrogen-bond donors (Lipinski definition) is 4. The van der Waals surface area contributed by atoms with E-state index in [0.29, 0.717) is 0 Å². The summed E-state index contributed by atoms with van der Waals surface area (Å²) in [4.78, 5) is 9.87. The topological polar surface area (TPSA) is 98.0 Å². The Morgan fingerprint density at radius 1 is 1.09 bits per heavy atom. The van der Waals surface area contributed by atoms with E-state index in [9.17, 15) is 4.79 Å². The monoisotopic (exact) mass is 165 g/mol. The molecule has 0 aromatic rings. The van der Waals surface area contributed by atoms with Crippen LogP contribution in [0.2, 0.25) is 0 Å². The Bertz CT molecular complexity index is 124. The third-order valence-electron chi connectivity index (χ3n) is 1.33. The van der Waals surface area contributed by atoms with Gasteiger partial charge in [-0.25, -0.2) is 0 Å². The molecule has 4 atom stereocenters. The normalized spacial score (nSPS) is 21.9. The fourth-order valence-corrected chi connectivity index (χ4v) is 0.568. The molecule has 0 saturated carbocycles. The van der Waals surface area contributed by atoms with E-state index in [1.807, 2.05) is 0 Å². The van der Waals surface area contributed by atoms with E-state index in [-0.39, 0.29) is 6.29 Å². The quantitative estimate of drug-likeness (QED) is 0.276. The zero-order valence-corrected chi connectivity index (χ0v) is 6.08. The van der Waals surface area contributed by atoms with Crippen LogP contribution < -0.4 is 0 Å². The Labute approximate surface area is 63.9 Å². The van der Waals surface area contributed by atoms with Gasteiger partial charge in [0, 0.05) is 0 Å². The number of rotatable bonds is 4. The van der Waals surface area contributed by atoms with Crippen LogP contribution >= 0.6 is 0 Å². The molecule has 0 bridgehead atoms. The lowest BCUT2D eigenvalue weighted by molar-refractivity contribution is -0.132. The molecule has 66 valence electrons. The van der Waals surface area contributed by atoms with Crippen molar-refractivity contribution in [2.24, 2.45) is 0 Å². The molecule has 4 N–H and O–H groups in total. The number of aliphatic hydroxyl groups is 4. The van der Waals surface area contributed by atoms with Crippen molar-refractivity contribution in [1.82, 2.24) is 0 Å². The van der Waals surface area contributed by atoms with E-state index >= 15 is 0 Å². The van der Waals surface area contributed by atoms with E-state index in [0.717, 1.165) is 0 Å². The average molecular weight is 165 g/mol. The first-order valence-corrected chi connectivity index (χ1v) is 3.18. The first-order chi connectivity index (χ1) is 5.00. The van der Waals surface area contributed by atoms with Crippen molar-refractivity contribution in [2.45, 2.75) is 31.3 Å². The van der Waals surface area contributed by atoms with Crippen molar-refractivity contribution >= 4 is 6.29 Å². The molecular formula is C6H12O5. The van der Waals surface area contributed by atoms with Crippen molar-refractivity contribution in [3.05, 3.63) is 0 Å². The van der Waals surface area contributed by atoms with E-state index in [1.54, 1.807) is 0 Å². The van der Waals surface area contributed by atoms with Crippen molar-refractivity contribution in [1.29, 1.82) is 0 Å². The standard InChI is InChI=1S/C6H12O5/c1-3(8)5(10)6(11)4(9)2-7/h2-6,8-11H,1H3/t3-,4+,5+,6-/m0/s1/i2+1. The predicted molar refractivity (Wildman–Crippen MR) is 35.8 cm³/mol. The lowest BCUT2D eigenvalue weighted by Gasteiger charge is -2.21. The summed E-state index contributed by atoms with van der Waals surface area (Å²) in [5.74, 6) is 0. The number of aldehydes is 1. The third kappa shape index (κ3) is 2.94. The Morgan fingerprint density at radius 2 is 1.55 bits per heavy atom. The second kappa shape index (κ2) is 4.40. The van der Waals surface area contributed by atoms with Crippen molar-refractivity contribution in [3.8, 4) is 0 Å². The summed E-state index contributed by atoms with van der Waals surface area (Å²) in [7, 11) is 0. The summed E-state index contributed by atoms with van der Waals surface area (Å²) < 4.78 is 0. The van der Waals surface area contributed by atoms with Gasteiger partial charge in [0.2, 0.25) is 0 Å². The molecule has 5 nitrogen and oxygen atoms in total. The van der Waals surface area contributed by atoms with Gasteiger partial charge in [0.25, 0.3) is 0 Å². The van der Waals surface area contributed by atoms with Gasteiger partial charge in [0.1, 0.15) is 18.3 Å². The number of carbonyl (C=O) groups is 1. The van der Waals surface area contributed by atoms with Gasteiger partial charge in [-0.05, 0) is 6.92 Å². The molecule has 0 heterocycles. The molecule has 11 heavy (non-hydrogen) atoms. The molecule has 0 unspecified atom stereocenters. The molecule has 0 aromatic carbocycles. The predicted octanol–water partition coefficient (Wildman–Crippen LogP) is -2.35. The lowest BCUT2D eigenvalue weighted by atomic mass is 10.1. The minimum Gasteiger partial charge on any atom is -0.391 e. The molecule has 0 rings (SSSR count). The first-order valence-electron chi connectivity index (χ1n) is 3.18. The Morgan fingerprint density at radius 3 is 1.82 bits per heavy atom. The summed E-state index contributed by atoms with van der Waals surface area (Å²) in [6.45, 7) is 1.24. The van der Waals surface area contributed by atoms with Gasteiger partial charge in [-0.3, -0.25) is 0 Å². The number of hydrogen-bond acceptors (Lipinski definition) is 5. The van der Waals surface area contributed by atoms with Crippen molar-refractivity contribution < 1.29 is 25.2 Å². The smallest absolute Gasteiger partial charge is 0.151 e. The van der Waals surface area contributed by atoms with Gasteiger partial charge >= 0.3 is 0 Å². The minimum absolute atomic E-state index is 0.0935. The van der Waals surface area contributed by atoms with Crippen LogP contribution in [0.25, 0.3) is 0 Å². The SMILES string of the molecule is C[C@H](O)[C@@H](O)[C@@H](O)[C@H](O)[13CH]=O. The van der Waals surface area contributed by atoms with Gasteiger partial charge in [-0.1, -0.05) is 0 Å². The van der Waals surface area contributed by atoms with Crippen LogP contribution in [0.5, 0.6) is 0 Å². The van der Waals surface area contributed by atoms with Gasteiger partial charge in [-0.15, -0.1) is 0 Å². The summed E-state index contributed by atoms with van der Waals surface area (Å²) in [5, 5.41) is 35.1. The molecule has 0 aliphatic carbocycles. The van der Waals surface area contributed by atoms with Crippen LogP contribution in [0.4, 0.5) is 0 Å². The maximum absolute atomic E-state index is 9.87. The Hall–Kier alpha value is -0.490. The highest BCUT2D eigenvalue weighted by Crippen LogP contribution is 2.02. The van der Waals surface area contributed by atoms with Gasteiger partial charge < -0.3 is 25.2 Å². The zero-order chi connectivity index (χ0) is 9.02.